The van der Waals surface area contributed by atoms with Gasteiger partial charge in [-0.05, 0) is 60.1 Å². The number of anilines is 1. The molecule has 0 atom stereocenters. The normalized spacial score (nSPS) is 11.2. The highest BCUT2D eigenvalue weighted by Crippen LogP contribution is 2.15. The molecule has 132 valence electrons. The van der Waals surface area contributed by atoms with Crippen molar-refractivity contribution in [3.63, 3.8) is 0 Å². The fraction of sp³-hybridized carbons (Fsp3) is 0.176. The number of amides is 1. The van der Waals surface area contributed by atoms with Gasteiger partial charge in [0.2, 0.25) is 10.0 Å². The Morgan fingerprint density at radius 2 is 1.60 bits per heavy atom. The van der Waals surface area contributed by atoms with E-state index in [1.54, 1.807) is 12.1 Å². The third-order valence-corrected chi connectivity index (χ3v) is 4.64. The molecule has 0 radical (unpaired) electrons. The average Bonchev–Trinajstić information content (AvgIpc) is 2.54. The van der Waals surface area contributed by atoms with E-state index in [0.29, 0.717) is 17.2 Å². The van der Waals surface area contributed by atoms with E-state index in [9.17, 15) is 13.2 Å². The Morgan fingerprint density at radius 3 is 2.08 bits per heavy atom. The Hall–Kier alpha value is -2.29. The van der Waals surface area contributed by atoms with Gasteiger partial charge in [0.1, 0.15) is 0 Å². The van der Waals surface area contributed by atoms with Gasteiger partial charge in [0.25, 0.3) is 5.91 Å². The maximum atomic E-state index is 12.2. The average molecular weight is 377 g/mol. The monoisotopic (exact) mass is 377 g/mol. The molecule has 0 aromatic heterocycles. The second-order valence-corrected chi connectivity index (χ2v) is 7.72. The van der Waals surface area contributed by atoms with Gasteiger partial charge in [-0.2, -0.15) is 0 Å². The van der Waals surface area contributed by atoms with Crippen LogP contribution in [0.4, 0.5) is 5.69 Å². The largest absolute Gasteiger partial charge is 0.332 e. The minimum Gasteiger partial charge on any atom is -0.332 e. The lowest BCUT2D eigenvalue weighted by molar-refractivity contribution is 0.0977. The van der Waals surface area contributed by atoms with E-state index < -0.39 is 10.0 Å². The Kier molecular flexibility index (Phi) is 5.89. The van der Waals surface area contributed by atoms with Gasteiger partial charge >= 0.3 is 0 Å². The van der Waals surface area contributed by atoms with Gasteiger partial charge in [0.05, 0.1) is 4.90 Å². The quantitative estimate of drug-likeness (QED) is 0.711. The maximum absolute atomic E-state index is 12.2. The number of hydrogen-bond acceptors (Lipinski definition) is 4. The number of carbonyl (C=O) groups excluding carboxylic acids is 1. The summed E-state index contributed by atoms with van der Waals surface area (Å²) in [5, 5.41) is 10.5. The minimum absolute atomic E-state index is 0.00162. The smallest absolute Gasteiger partial charge is 0.257 e. The van der Waals surface area contributed by atoms with Crippen LogP contribution in [0.25, 0.3) is 0 Å². The van der Waals surface area contributed by atoms with Crippen molar-refractivity contribution in [2.75, 3.05) is 5.32 Å². The fourth-order valence-electron chi connectivity index (χ4n) is 2.08. The summed E-state index contributed by atoms with van der Waals surface area (Å²) in [5.74, 6) is 0.0640. The Bertz CT molecular complexity index is 874. The first-order chi connectivity index (χ1) is 11.7. The molecule has 0 aliphatic heterocycles. The number of nitrogens with two attached hydrogens (primary N) is 1. The van der Waals surface area contributed by atoms with Crippen LogP contribution in [0.5, 0.6) is 0 Å². The van der Waals surface area contributed by atoms with Gasteiger partial charge in [-0.25, -0.2) is 13.6 Å². The first kappa shape index (κ1) is 19.0. The number of thiocarbonyl (C=S) groups is 1. The predicted octanol–water partition coefficient (Wildman–Crippen LogP) is 2.58. The first-order valence-corrected chi connectivity index (χ1v) is 9.47. The molecule has 2 aromatic rings. The van der Waals surface area contributed by atoms with Gasteiger partial charge in [0, 0.05) is 11.3 Å². The van der Waals surface area contributed by atoms with Crippen molar-refractivity contribution >= 4 is 38.9 Å². The zero-order valence-corrected chi connectivity index (χ0v) is 15.4. The lowest BCUT2D eigenvalue weighted by Gasteiger charge is -2.11. The summed E-state index contributed by atoms with van der Waals surface area (Å²) < 4.78 is 22.4. The highest BCUT2D eigenvalue weighted by molar-refractivity contribution is 7.89. The Morgan fingerprint density at radius 1 is 1.04 bits per heavy atom. The summed E-state index contributed by atoms with van der Waals surface area (Å²) in [5.41, 5.74) is 2.18. The van der Waals surface area contributed by atoms with Crippen molar-refractivity contribution in [3.05, 3.63) is 59.7 Å². The van der Waals surface area contributed by atoms with Gasteiger partial charge < -0.3 is 5.32 Å². The molecular formula is C17H19N3O3S2. The molecule has 0 bridgehead atoms. The second kappa shape index (κ2) is 7.73. The molecule has 0 unspecified atom stereocenters. The number of nitrogens with one attached hydrogen (secondary N) is 2. The van der Waals surface area contributed by atoms with E-state index in [2.05, 4.69) is 24.5 Å². The van der Waals surface area contributed by atoms with Crippen molar-refractivity contribution in [2.45, 2.75) is 24.7 Å². The zero-order chi connectivity index (χ0) is 18.6. The molecule has 0 saturated carbocycles. The van der Waals surface area contributed by atoms with Crippen molar-refractivity contribution in [2.24, 2.45) is 5.14 Å². The summed E-state index contributed by atoms with van der Waals surface area (Å²) in [6.45, 7) is 4.16. The van der Waals surface area contributed by atoms with Crippen molar-refractivity contribution in [1.82, 2.24) is 5.32 Å². The van der Waals surface area contributed by atoms with Crippen LogP contribution in [0.3, 0.4) is 0 Å². The molecule has 8 heteroatoms. The van der Waals surface area contributed by atoms with Crippen LogP contribution in [0.15, 0.2) is 53.4 Å². The van der Waals surface area contributed by atoms with Gasteiger partial charge in [-0.15, -0.1) is 0 Å². The number of rotatable bonds is 4. The summed E-state index contributed by atoms with van der Waals surface area (Å²) >= 11 is 5.10. The van der Waals surface area contributed by atoms with E-state index in [1.165, 1.54) is 24.3 Å². The van der Waals surface area contributed by atoms with Gasteiger partial charge in [-0.3, -0.25) is 10.1 Å². The van der Waals surface area contributed by atoms with Crippen LogP contribution >= 0.6 is 12.2 Å². The van der Waals surface area contributed by atoms with Crippen molar-refractivity contribution < 1.29 is 13.2 Å². The number of sulfonamides is 1. The standard InChI is InChI=1S/C17H19N3O3S2/c1-11(2)12-3-5-13(6-4-12)16(21)20-17(24)19-14-7-9-15(10-8-14)25(18,22)23/h3-11H,1-2H3,(H2,18,22,23)(H2,19,20,21,24). The second-order valence-electron chi connectivity index (χ2n) is 5.75. The topological polar surface area (TPSA) is 101 Å². The van der Waals surface area contributed by atoms with Crippen LogP contribution in [-0.2, 0) is 10.0 Å². The summed E-state index contributed by atoms with van der Waals surface area (Å²) in [6, 6.07) is 13.0. The zero-order valence-electron chi connectivity index (χ0n) is 13.8. The van der Waals surface area contributed by atoms with Crippen LogP contribution in [0, 0.1) is 0 Å². The molecule has 0 heterocycles. The molecule has 4 N–H and O–H groups in total. The van der Waals surface area contributed by atoms with E-state index in [1.807, 2.05) is 12.1 Å². The van der Waals surface area contributed by atoms with Crippen molar-refractivity contribution in [1.29, 1.82) is 0 Å². The minimum atomic E-state index is -3.74. The van der Waals surface area contributed by atoms with Crippen LogP contribution in [-0.4, -0.2) is 19.4 Å². The molecule has 0 fully saturated rings. The number of benzene rings is 2. The molecule has 0 aliphatic rings. The van der Waals surface area contributed by atoms with Gasteiger partial charge in [0.15, 0.2) is 5.11 Å². The highest BCUT2D eigenvalue weighted by Gasteiger charge is 2.10. The fourth-order valence-corrected chi connectivity index (χ4v) is 2.81. The number of hydrogen-bond donors (Lipinski definition) is 3. The molecule has 2 aromatic carbocycles. The van der Waals surface area contributed by atoms with Crippen LogP contribution in [0.2, 0.25) is 0 Å². The number of carbonyl (C=O) groups is 1. The SMILES string of the molecule is CC(C)c1ccc(C(=O)NC(=S)Nc2ccc(S(N)(=O)=O)cc2)cc1. The van der Waals surface area contributed by atoms with Gasteiger partial charge in [-0.1, -0.05) is 26.0 Å². The highest BCUT2D eigenvalue weighted by atomic mass is 32.2. The van der Waals surface area contributed by atoms with Crippen LogP contribution < -0.4 is 15.8 Å². The summed E-state index contributed by atoms with van der Waals surface area (Å²) in [6.07, 6.45) is 0. The molecule has 0 aliphatic carbocycles. The van der Waals surface area contributed by atoms with E-state index in [0.717, 1.165) is 5.56 Å². The molecule has 2 rings (SSSR count). The van der Waals surface area contributed by atoms with E-state index >= 15 is 0 Å². The third kappa shape index (κ3) is 5.35. The maximum Gasteiger partial charge on any atom is 0.257 e. The van der Waals surface area contributed by atoms with Crippen LogP contribution in [0.1, 0.15) is 35.7 Å². The van der Waals surface area contributed by atoms with E-state index in [-0.39, 0.29) is 15.9 Å². The lowest BCUT2D eigenvalue weighted by Crippen LogP contribution is -2.34. The number of primary sulfonamides is 1. The predicted molar refractivity (Wildman–Crippen MR) is 102 cm³/mol. The lowest BCUT2D eigenvalue weighted by atomic mass is 10.0. The molecule has 1 amide bonds. The molecule has 6 nitrogen and oxygen atoms in total. The first-order valence-electron chi connectivity index (χ1n) is 7.52. The molecule has 25 heavy (non-hydrogen) atoms. The molecule has 0 saturated heterocycles. The van der Waals surface area contributed by atoms with E-state index in [4.69, 9.17) is 17.4 Å². The molecular weight excluding hydrogens is 358 g/mol. The molecule has 0 spiro atoms. The Labute approximate surface area is 152 Å². The summed E-state index contributed by atoms with van der Waals surface area (Å²) in [4.78, 5) is 12.2. The summed E-state index contributed by atoms with van der Waals surface area (Å²) in [7, 11) is -3.74. The van der Waals surface area contributed by atoms with Crippen molar-refractivity contribution in [3.8, 4) is 0 Å². The Balaban J connectivity index is 1.98. The third-order valence-electron chi connectivity index (χ3n) is 3.51.